The van der Waals surface area contributed by atoms with Gasteiger partial charge in [-0.25, -0.2) is 0 Å². The highest BCUT2D eigenvalue weighted by molar-refractivity contribution is 6.30. The van der Waals surface area contributed by atoms with Gasteiger partial charge in [0.2, 0.25) is 11.8 Å². The number of nitrogens with one attached hydrogen (secondary N) is 1. The number of hydrogen-bond donors (Lipinski definition) is 1. The van der Waals surface area contributed by atoms with Crippen LogP contribution in [0.15, 0.2) is 28.8 Å². The van der Waals surface area contributed by atoms with Gasteiger partial charge in [-0.3, -0.25) is 4.79 Å². The number of halogens is 1. The second-order valence-electron chi connectivity index (χ2n) is 6.32. The third kappa shape index (κ3) is 2.61. The van der Waals surface area contributed by atoms with Crippen LogP contribution in [0.4, 0.5) is 0 Å². The molecule has 0 spiro atoms. The summed E-state index contributed by atoms with van der Waals surface area (Å²) in [5, 5.41) is 7.60. The number of carbonyl (C=O) groups excluding carboxylic acids is 1. The van der Waals surface area contributed by atoms with Gasteiger partial charge in [0, 0.05) is 11.9 Å². The van der Waals surface area contributed by atoms with Crippen LogP contribution in [0.2, 0.25) is 5.02 Å². The summed E-state index contributed by atoms with van der Waals surface area (Å²) >= 11 is 5.95. The first-order chi connectivity index (χ1) is 10.3. The lowest BCUT2D eigenvalue weighted by Crippen LogP contribution is -2.40. The van der Waals surface area contributed by atoms with Gasteiger partial charge in [0.1, 0.15) is 0 Å². The maximum atomic E-state index is 11.3. The third-order valence-electron chi connectivity index (χ3n) is 4.03. The van der Waals surface area contributed by atoms with Crippen molar-refractivity contribution in [3.8, 4) is 0 Å². The molecule has 6 heteroatoms. The van der Waals surface area contributed by atoms with E-state index in [1.54, 1.807) is 0 Å². The van der Waals surface area contributed by atoms with Crippen molar-refractivity contribution in [3.05, 3.63) is 46.6 Å². The molecule has 3 rings (SSSR count). The summed E-state index contributed by atoms with van der Waals surface area (Å²) in [6.45, 7) is 5.18. The van der Waals surface area contributed by atoms with Crippen molar-refractivity contribution >= 4 is 17.5 Å². The second kappa shape index (κ2) is 5.09. The fraction of sp³-hybridized carbons (Fsp3) is 0.438. The van der Waals surface area contributed by atoms with Crippen molar-refractivity contribution in [2.24, 2.45) is 0 Å². The van der Waals surface area contributed by atoms with Gasteiger partial charge >= 0.3 is 0 Å². The van der Waals surface area contributed by atoms with Crippen LogP contribution in [-0.4, -0.2) is 16.0 Å². The molecule has 1 fully saturated rings. The van der Waals surface area contributed by atoms with Crippen LogP contribution in [0.3, 0.4) is 0 Å². The fourth-order valence-electron chi connectivity index (χ4n) is 2.69. The second-order valence-corrected chi connectivity index (χ2v) is 6.75. The van der Waals surface area contributed by atoms with E-state index < -0.39 is 5.54 Å². The Morgan fingerprint density at radius 2 is 1.95 bits per heavy atom. The molecule has 1 aromatic heterocycles. The van der Waals surface area contributed by atoms with Gasteiger partial charge in [-0.1, -0.05) is 28.9 Å². The smallest absolute Gasteiger partial charge is 0.237 e. The van der Waals surface area contributed by atoms with E-state index in [0.717, 1.165) is 18.4 Å². The SMILES string of the molecule is CC(=O)NC(C)(C)c1noc(C2(c3ccc(Cl)cc3)CC2)n1. The molecule has 2 aromatic rings. The van der Waals surface area contributed by atoms with Crippen molar-refractivity contribution in [2.45, 2.75) is 44.6 Å². The Bertz CT molecular complexity index is 702. The molecule has 1 N–H and O–H groups in total. The molecule has 5 nitrogen and oxygen atoms in total. The van der Waals surface area contributed by atoms with Crippen molar-refractivity contribution in [1.82, 2.24) is 15.5 Å². The number of amides is 1. The monoisotopic (exact) mass is 319 g/mol. The Morgan fingerprint density at radius 3 is 2.50 bits per heavy atom. The minimum Gasteiger partial charge on any atom is -0.344 e. The Hall–Kier alpha value is -1.88. The Morgan fingerprint density at radius 1 is 1.32 bits per heavy atom. The molecule has 0 radical (unpaired) electrons. The van der Waals surface area contributed by atoms with Crippen LogP contribution >= 0.6 is 11.6 Å². The molecule has 1 aliphatic rings. The Kier molecular flexibility index (Phi) is 3.48. The highest BCUT2D eigenvalue weighted by Gasteiger charge is 2.51. The summed E-state index contributed by atoms with van der Waals surface area (Å²) in [7, 11) is 0. The molecule has 0 bridgehead atoms. The van der Waals surface area contributed by atoms with E-state index in [2.05, 4.69) is 15.5 Å². The van der Waals surface area contributed by atoms with Crippen LogP contribution in [0.25, 0.3) is 0 Å². The number of nitrogens with zero attached hydrogens (tertiary/aromatic N) is 2. The van der Waals surface area contributed by atoms with E-state index in [-0.39, 0.29) is 11.3 Å². The summed E-state index contributed by atoms with van der Waals surface area (Å²) in [6.07, 6.45) is 1.94. The van der Waals surface area contributed by atoms with Crippen LogP contribution in [0, 0.1) is 0 Å². The fourth-order valence-corrected chi connectivity index (χ4v) is 2.81. The average molecular weight is 320 g/mol. The first-order valence-corrected chi connectivity index (χ1v) is 7.61. The van der Waals surface area contributed by atoms with E-state index in [0.29, 0.717) is 16.7 Å². The number of benzene rings is 1. The first kappa shape index (κ1) is 15.0. The molecular weight excluding hydrogens is 302 g/mol. The highest BCUT2D eigenvalue weighted by atomic mass is 35.5. The maximum absolute atomic E-state index is 11.3. The molecule has 0 unspecified atom stereocenters. The van der Waals surface area contributed by atoms with Gasteiger partial charge in [0.25, 0.3) is 0 Å². The zero-order chi connectivity index (χ0) is 16.0. The zero-order valence-electron chi connectivity index (χ0n) is 12.8. The Labute approximate surface area is 134 Å². The predicted octanol–water partition coefficient (Wildman–Crippen LogP) is 3.17. The molecule has 1 amide bonds. The molecule has 1 heterocycles. The van der Waals surface area contributed by atoms with Crippen LogP contribution < -0.4 is 5.32 Å². The number of carbonyl (C=O) groups is 1. The molecule has 0 saturated heterocycles. The largest absolute Gasteiger partial charge is 0.344 e. The van der Waals surface area contributed by atoms with E-state index in [9.17, 15) is 4.79 Å². The van der Waals surface area contributed by atoms with Crippen molar-refractivity contribution in [2.75, 3.05) is 0 Å². The number of aromatic nitrogens is 2. The standard InChI is InChI=1S/C16H18ClN3O2/c1-10(21)19-15(2,3)13-18-14(22-20-13)16(8-9-16)11-4-6-12(17)7-5-11/h4-7H,8-9H2,1-3H3,(H,19,21). The normalized spacial score (nSPS) is 16.4. The molecule has 1 aromatic carbocycles. The number of rotatable bonds is 4. The molecule has 1 saturated carbocycles. The van der Waals surface area contributed by atoms with E-state index in [1.807, 2.05) is 38.1 Å². The van der Waals surface area contributed by atoms with E-state index in [4.69, 9.17) is 16.1 Å². The highest BCUT2D eigenvalue weighted by Crippen LogP contribution is 2.53. The zero-order valence-corrected chi connectivity index (χ0v) is 13.6. The van der Waals surface area contributed by atoms with E-state index >= 15 is 0 Å². The molecular formula is C16H18ClN3O2. The van der Waals surface area contributed by atoms with Gasteiger partial charge in [0.05, 0.1) is 11.0 Å². The average Bonchev–Trinajstić information content (AvgIpc) is 3.07. The lowest BCUT2D eigenvalue weighted by molar-refractivity contribution is -0.120. The first-order valence-electron chi connectivity index (χ1n) is 7.23. The molecule has 0 atom stereocenters. The van der Waals surface area contributed by atoms with Crippen LogP contribution in [-0.2, 0) is 15.7 Å². The van der Waals surface area contributed by atoms with Gasteiger partial charge in [0.15, 0.2) is 5.82 Å². The van der Waals surface area contributed by atoms with E-state index in [1.165, 1.54) is 6.92 Å². The molecule has 0 aliphatic heterocycles. The molecule has 1 aliphatic carbocycles. The topological polar surface area (TPSA) is 68.0 Å². The summed E-state index contributed by atoms with van der Waals surface area (Å²) < 4.78 is 5.50. The molecule has 22 heavy (non-hydrogen) atoms. The lowest BCUT2D eigenvalue weighted by atomic mass is 9.96. The minimum atomic E-state index is -0.663. The third-order valence-corrected chi connectivity index (χ3v) is 4.28. The summed E-state index contributed by atoms with van der Waals surface area (Å²) in [6, 6.07) is 7.74. The van der Waals surface area contributed by atoms with Crippen molar-refractivity contribution < 1.29 is 9.32 Å². The predicted molar refractivity (Wildman–Crippen MR) is 82.6 cm³/mol. The maximum Gasteiger partial charge on any atom is 0.237 e. The Balaban J connectivity index is 1.91. The van der Waals surface area contributed by atoms with Gasteiger partial charge in [-0.2, -0.15) is 4.98 Å². The van der Waals surface area contributed by atoms with Crippen molar-refractivity contribution in [3.63, 3.8) is 0 Å². The van der Waals surface area contributed by atoms with Gasteiger partial charge in [-0.05, 0) is 44.4 Å². The number of hydrogen-bond acceptors (Lipinski definition) is 4. The summed E-state index contributed by atoms with van der Waals surface area (Å²) in [5.74, 6) is 0.955. The van der Waals surface area contributed by atoms with Crippen LogP contribution in [0.5, 0.6) is 0 Å². The lowest BCUT2D eigenvalue weighted by Gasteiger charge is -2.21. The summed E-state index contributed by atoms with van der Waals surface area (Å²) in [4.78, 5) is 15.8. The minimum absolute atomic E-state index is 0.129. The summed E-state index contributed by atoms with van der Waals surface area (Å²) in [5.41, 5.74) is 0.260. The van der Waals surface area contributed by atoms with Crippen LogP contribution in [0.1, 0.15) is 50.9 Å². The van der Waals surface area contributed by atoms with Gasteiger partial charge < -0.3 is 9.84 Å². The van der Waals surface area contributed by atoms with Crippen molar-refractivity contribution in [1.29, 1.82) is 0 Å². The van der Waals surface area contributed by atoms with Gasteiger partial charge in [-0.15, -0.1) is 0 Å². The quantitative estimate of drug-likeness (QED) is 0.939. The molecule has 116 valence electrons.